The second-order valence-electron chi connectivity index (χ2n) is 7.47. The molecule has 30 heavy (non-hydrogen) atoms. The SMILES string of the molecule is Cc1ccc(C(=O)[C@H](Sc2n[nH]c(-c3ccc(C)cc3)n2)c2ccc(C)cc2)cc1. The summed E-state index contributed by atoms with van der Waals surface area (Å²) in [6, 6.07) is 23.9. The highest BCUT2D eigenvalue weighted by atomic mass is 32.2. The number of carbonyl (C=O) groups excluding carboxylic acids is 1. The number of aromatic amines is 1. The standard InChI is InChI=1S/C25H23N3OS/c1-16-4-10-19(11-5-16)22(29)23(20-12-6-17(2)7-13-20)30-25-26-24(27-28-25)21-14-8-18(3)9-15-21/h4-15,23H,1-3H3,(H,26,27,28)/t23-/m1/s1. The van der Waals surface area contributed by atoms with Crippen LogP contribution in [0.15, 0.2) is 78.0 Å². The number of rotatable bonds is 6. The number of Topliss-reactive ketones (excluding diaryl/α,β-unsaturated/α-hetero) is 1. The van der Waals surface area contributed by atoms with E-state index >= 15 is 0 Å². The average Bonchev–Trinajstić information content (AvgIpc) is 3.22. The Morgan fingerprint density at radius 1 is 0.800 bits per heavy atom. The topological polar surface area (TPSA) is 58.6 Å². The lowest BCUT2D eigenvalue weighted by molar-refractivity contribution is 0.0989. The fourth-order valence-electron chi connectivity index (χ4n) is 3.13. The monoisotopic (exact) mass is 413 g/mol. The van der Waals surface area contributed by atoms with Crippen molar-refractivity contribution < 1.29 is 4.79 Å². The third-order valence-corrected chi connectivity index (χ3v) is 6.08. The predicted molar refractivity (Wildman–Crippen MR) is 122 cm³/mol. The van der Waals surface area contributed by atoms with Gasteiger partial charge >= 0.3 is 0 Å². The highest BCUT2D eigenvalue weighted by Crippen LogP contribution is 2.37. The van der Waals surface area contributed by atoms with Crippen molar-refractivity contribution in [2.75, 3.05) is 0 Å². The Bertz CT molecular complexity index is 1150. The van der Waals surface area contributed by atoms with Gasteiger partial charge in [0.05, 0.1) is 0 Å². The molecule has 5 heteroatoms. The molecule has 0 spiro atoms. The molecule has 4 aromatic rings. The van der Waals surface area contributed by atoms with E-state index < -0.39 is 5.25 Å². The second kappa shape index (κ2) is 8.67. The first-order valence-corrected chi connectivity index (χ1v) is 10.7. The number of aryl methyl sites for hydroxylation is 3. The van der Waals surface area contributed by atoms with Crippen LogP contribution in [0.5, 0.6) is 0 Å². The largest absolute Gasteiger partial charge is 0.293 e. The molecule has 4 nitrogen and oxygen atoms in total. The summed E-state index contributed by atoms with van der Waals surface area (Å²) in [6.45, 7) is 6.10. The lowest BCUT2D eigenvalue weighted by atomic mass is 10.0. The maximum absolute atomic E-state index is 13.4. The summed E-state index contributed by atoms with van der Waals surface area (Å²) < 4.78 is 0. The molecule has 1 heterocycles. The van der Waals surface area contributed by atoms with Crippen LogP contribution in [0.3, 0.4) is 0 Å². The van der Waals surface area contributed by atoms with Crippen molar-refractivity contribution in [2.45, 2.75) is 31.2 Å². The van der Waals surface area contributed by atoms with Crippen LogP contribution in [0.4, 0.5) is 0 Å². The molecule has 1 N–H and O–H groups in total. The highest BCUT2D eigenvalue weighted by molar-refractivity contribution is 8.00. The van der Waals surface area contributed by atoms with Gasteiger partial charge in [0, 0.05) is 11.1 Å². The maximum atomic E-state index is 13.4. The number of hydrogen-bond acceptors (Lipinski definition) is 4. The van der Waals surface area contributed by atoms with Crippen molar-refractivity contribution in [3.05, 3.63) is 101 Å². The molecular weight excluding hydrogens is 390 g/mol. The molecule has 0 saturated carbocycles. The summed E-state index contributed by atoms with van der Waals surface area (Å²) in [7, 11) is 0. The van der Waals surface area contributed by atoms with Gasteiger partial charge in [-0.2, -0.15) is 0 Å². The minimum atomic E-state index is -0.421. The Hall–Kier alpha value is -3.18. The van der Waals surface area contributed by atoms with Crippen molar-refractivity contribution in [3.8, 4) is 11.4 Å². The van der Waals surface area contributed by atoms with Crippen molar-refractivity contribution in [3.63, 3.8) is 0 Å². The molecule has 1 aromatic heterocycles. The quantitative estimate of drug-likeness (QED) is 0.306. The third kappa shape index (κ3) is 4.52. The summed E-state index contributed by atoms with van der Waals surface area (Å²) in [5.74, 6) is 0.744. The first-order valence-electron chi connectivity index (χ1n) is 9.83. The number of nitrogens with one attached hydrogen (secondary N) is 1. The lowest BCUT2D eigenvalue weighted by Crippen LogP contribution is -2.10. The lowest BCUT2D eigenvalue weighted by Gasteiger charge is -2.15. The van der Waals surface area contributed by atoms with Crippen LogP contribution >= 0.6 is 11.8 Å². The molecule has 0 aliphatic carbocycles. The van der Waals surface area contributed by atoms with Gasteiger partial charge in [0.2, 0.25) is 5.16 Å². The average molecular weight is 414 g/mol. The molecule has 4 rings (SSSR count). The number of H-pyrrole nitrogens is 1. The zero-order valence-electron chi connectivity index (χ0n) is 17.2. The van der Waals surface area contributed by atoms with E-state index in [1.54, 1.807) is 0 Å². The van der Waals surface area contributed by atoms with Gasteiger partial charge in [-0.05, 0) is 26.3 Å². The van der Waals surface area contributed by atoms with Crippen molar-refractivity contribution in [1.82, 2.24) is 15.2 Å². The zero-order chi connectivity index (χ0) is 21.1. The van der Waals surface area contributed by atoms with E-state index in [-0.39, 0.29) is 5.78 Å². The molecule has 0 unspecified atom stereocenters. The Balaban J connectivity index is 1.64. The van der Waals surface area contributed by atoms with E-state index in [1.807, 2.05) is 93.6 Å². The molecular formula is C25H23N3OS. The van der Waals surface area contributed by atoms with E-state index in [1.165, 1.54) is 17.3 Å². The summed E-state index contributed by atoms with van der Waals surface area (Å²) in [5, 5.41) is 7.49. The maximum Gasteiger partial charge on any atom is 0.209 e. The van der Waals surface area contributed by atoms with Gasteiger partial charge in [-0.25, -0.2) is 4.98 Å². The van der Waals surface area contributed by atoms with Gasteiger partial charge in [-0.1, -0.05) is 101 Å². The van der Waals surface area contributed by atoms with Crippen LogP contribution in [0, 0.1) is 20.8 Å². The molecule has 0 aliphatic heterocycles. The van der Waals surface area contributed by atoms with E-state index in [0.29, 0.717) is 16.5 Å². The number of aromatic nitrogens is 3. The van der Waals surface area contributed by atoms with Crippen molar-refractivity contribution in [1.29, 1.82) is 0 Å². The molecule has 1 atom stereocenters. The Morgan fingerprint density at radius 2 is 1.33 bits per heavy atom. The van der Waals surface area contributed by atoms with Gasteiger partial charge < -0.3 is 0 Å². The number of benzene rings is 3. The summed E-state index contributed by atoms with van der Waals surface area (Å²) in [5.41, 5.74) is 6.08. The molecule has 0 saturated heterocycles. The smallest absolute Gasteiger partial charge is 0.209 e. The second-order valence-corrected chi connectivity index (χ2v) is 8.54. The predicted octanol–water partition coefficient (Wildman–Crippen LogP) is 6.11. The third-order valence-electron chi connectivity index (χ3n) is 4.97. The van der Waals surface area contributed by atoms with Gasteiger partial charge in [0.25, 0.3) is 0 Å². The summed E-state index contributed by atoms with van der Waals surface area (Å²) in [4.78, 5) is 18.0. The molecule has 3 aromatic carbocycles. The van der Waals surface area contributed by atoms with Gasteiger partial charge in [0.15, 0.2) is 11.6 Å². The van der Waals surface area contributed by atoms with E-state index in [9.17, 15) is 4.79 Å². The van der Waals surface area contributed by atoms with Crippen LogP contribution in [0.2, 0.25) is 0 Å². The fraction of sp³-hybridized carbons (Fsp3) is 0.160. The van der Waals surface area contributed by atoms with Crippen LogP contribution in [0.1, 0.15) is 37.9 Å². The number of carbonyl (C=O) groups is 1. The van der Waals surface area contributed by atoms with Crippen molar-refractivity contribution in [2.24, 2.45) is 0 Å². The molecule has 0 fully saturated rings. The molecule has 150 valence electrons. The molecule has 0 radical (unpaired) electrons. The first-order chi connectivity index (χ1) is 14.5. The Labute approximate surface area is 180 Å². The molecule has 0 amide bonds. The number of ketones is 1. The number of nitrogens with zero attached hydrogens (tertiary/aromatic N) is 2. The van der Waals surface area contributed by atoms with Crippen LogP contribution in [0.25, 0.3) is 11.4 Å². The Morgan fingerprint density at radius 3 is 1.93 bits per heavy atom. The van der Waals surface area contributed by atoms with E-state index in [4.69, 9.17) is 0 Å². The van der Waals surface area contributed by atoms with Gasteiger partial charge in [0.1, 0.15) is 5.25 Å². The Kier molecular flexibility index (Phi) is 5.81. The fourth-order valence-corrected chi connectivity index (χ4v) is 4.12. The van der Waals surface area contributed by atoms with E-state index in [0.717, 1.165) is 22.3 Å². The van der Waals surface area contributed by atoms with Crippen LogP contribution in [-0.2, 0) is 0 Å². The summed E-state index contributed by atoms with van der Waals surface area (Å²) >= 11 is 1.37. The minimum absolute atomic E-state index is 0.0468. The highest BCUT2D eigenvalue weighted by Gasteiger charge is 2.25. The molecule has 0 aliphatic rings. The number of thioether (sulfide) groups is 1. The molecule has 0 bridgehead atoms. The van der Waals surface area contributed by atoms with E-state index in [2.05, 4.69) is 15.2 Å². The number of hydrogen-bond donors (Lipinski definition) is 1. The first kappa shape index (κ1) is 20.1. The van der Waals surface area contributed by atoms with Crippen molar-refractivity contribution >= 4 is 17.5 Å². The summed E-state index contributed by atoms with van der Waals surface area (Å²) in [6.07, 6.45) is 0. The minimum Gasteiger partial charge on any atom is -0.293 e. The van der Waals surface area contributed by atoms with Gasteiger partial charge in [-0.15, -0.1) is 5.10 Å². The van der Waals surface area contributed by atoms with Gasteiger partial charge in [-0.3, -0.25) is 9.89 Å². The van der Waals surface area contributed by atoms with Crippen LogP contribution < -0.4 is 0 Å². The van der Waals surface area contributed by atoms with Crippen LogP contribution in [-0.4, -0.2) is 21.0 Å². The zero-order valence-corrected chi connectivity index (χ0v) is 18.0. The normalized spacial score (nSPS) is 12.0.